The van der Waals surface area contributed by atoms with Crippen LogP contribution in [0.5, 0.6) is 0 Å². The van der Waals surface area contributed by atoms with Gasteiger partial charge in [-0.1, -0.05) is 121 Å². The molecule has 0 bridgehead atoms. The largest absolute Gasteiger partial charge is 0.455 e. The zero-order chi connectivity index (χ0) is 30.2. The second-order valence-electron chi connectivity index (χ2n) is 12.1. The van der Waals surface area contributed by atoms with Crippen molar-refractivity contribution in [1.82, 2.24) is 4.57 Å². The highest BCUT2D eigenvalue weighted by Gasteiger charge is 2.17. The molecule has 0 fully saturated rings. The van der Waals surface area contributed by atoms with Crippen LogP contribution in [0.1, 0.15) is 0 Å². The summed E-state index contributed by atoms with van der Waals surface area (Å²) < 4.78 is 8.83. The molecule has 2 aromatic heterocycles. The van der Waals surface area contributed by atoms with Gasteiger partial charge in [-0.2, -0.15) is 0 Å². The van der Waals surface area contributed by atoms with E-state index < -0.39 is 0 Å². The summed E-state index contributed by atoms with van der Waals surface area (Å²) in [7, 11) is 0. The lowest BCUT2D eigenvalue weighted by molar-refractivity contribution is 0.670. The zero-order valence-corrected chi connectivity index (χ0v) is 24.9. The fourth-order valence-corrected chi connectivity index (χ4v) is 7.50. The summed E-state index contributed by atoms with van der Waals surface area (Å²) in [5, 5.41) is 9.85. The van der Waals surface area contributed by atoms with Crippen molar-refractivity contribution >= 4 is 65.3 Å². The molecule has 0 aliphatic rings. The first-order valence-electron chi connectivity index (χ1n) is 15.8. The van der Waals surface area contributed by atoms with Gasteiger partial charge in [0, 0.05) is 32.8 Å². The number of para-hydroxylation sites is 3. The van der Waals surface area contributed by atoms with Gasteiger partial charge in [0.15, 0.2) is 0 Å². The van der Waals surface area contributed by atoms with Crippen LogP contribution in [0.2, 0.25) is 0 Å². The number of aromatic nitrogens is 1. The molecule has 0 unspecified atom stereocenters. The van der Waals surface area contributed by atoms with Gasteiger partial charge in [0.05, 0.1) is 11.0 Å². The Hall–Kier alpha value is -6.12. The van der Waals surface area contributed by atoms with Crippen LogP contribution < -0.4 is 0 Å². The molecule has 0 N–H and O–H groups in total. The fraction of sp³-hybridized carbons (Fsp3) is 0. The first-order chi connectivity index (χ1) is 22.8. The van der Waals surface area contributed by atoms with Crippen LogP contribution in [-0.2, 0) is 0 Å². The van der Waals surface area contributed by atoms with E-state index in [9.17, 15) is 0 Å². The Morgan fingerprint density at radius 1 is 0.370 bits per heavy atom. The van der Waals surface area contributed by atoms with E-state index in [2.05, 4.69) is 156 Å². The Morgan fingerprint density at radius 3 is 1.96 bits per heavy atom. The topological polar surface area (TPSA) is 18.1 Å². The highest BCUT2D eigenvalue weighted by Crippen LogP contribution is 2.40. The molecule has 0 spiro atoms. The summed E-state index contributed by atoms with van der Waals surface area (Å²) in [6.07, 6.45) is 0. The molecule has 0 aliphatic carbocycles. The summed E-state index contributed by atoms with van der Waals surface area (Å²) >= 11 is 0. The van der Waals surface area contributed by atoms with Gasteiger partial charge >= 0.3 is 0 Å². The molecule has 0 saturated carbocycles. The quantitative estimate of drug-likeness (QED) is 0.189. The molecule has 0 amide bonds. The van der Waals surface area contributed by atoms with Crippen molar-refractivity contribution in [3.63, 3.8) is 0 Å². The van der Waals surface area contributed by atoms with E-state index in [4.69, 9.17) is 4.42 Å². The number of hydrogen-bond acceptors (Lipinski definition) is 1. The van der Waals surface area contributed by atoms with Crippen molar-refractivity contribution < 1.29 is 4.42 Å². The number of benzene rings is 8. The predicted octanol–water partition coefficient (Wildman–Crippen LogP) is 12.3. The third-order valence-corrected chi connectivity index (χ3v) is 9.57. The second-order valence-corrected chi connectivity index (χ2v) is 12.1. The van der Waals surface area contributed by atoms with E-state index >= 15 is 0 Å². The Bertz CT molecular complexity index is 2810. The van der Waals surface area contributed by atoms with Crippen molar-refractivity contribution in [3.8, 4) is 27.9 Å². The lowest BCUT2D eigenvalue weighted by Gasteiger charge is -2.14. The van der Waals surface area contributed by atoms with Crippen LogP contribution in [-0.4, -0.2) is 4.57 Å². The minimum Gasteiger partial charge on any atom is -0.455 e. The molecular weight excluding hydrogens is 558 g/mol. The molecule has 46 heavy (non-hydrogen) atoms. The van der Waals surface area contributed by atoms with Gasteiger partial charge in [0.2, 0.25) is 0 Å². The van der Waals surface area contributed by atoms with Crippen molar-refractivity contribution in [1.29, 1.82) is 0 Å². The average Bonchev–Trinajstić information content (AvgIpc) is 3.67. The molecule has 2 heterocycles. The normalized spacial score (nSPS) is 11.9. The Labute approximate surface area is 265 Å². The van der Waals surface area contributed by atoms with E-state index in [1.54, 1.807) is 0 Å². The fourth-order valence-electron chi connectivity index (χ4n) is 7.50. The molecule has 2 nitrogen and oxygen atoms in total. The summed E-state index contributed by atoms with van der Waals surface area (Å²) in [5.74, 6) is 0. The highest BCUT2D eigenvalue weighted by molar-refractivity contribution is 6.15. The summed E-state index contributed by atoms with van der Waals surface area (Å²) in [4.78, 5) is 0. The smallest absolute Gasteiger partial charge is 0.143 e. The molecule has 2 heteroatoms. The van der Waals surface area contributed by atoms with Gasteiger partial charge in [0.1, 0.15) is 11.2 Å². The molecule has 0 saturated heterocycles. The van der Waals surface area contributed by atoms with Crippen molar-refractivity contribution in [3.05, 3.63) is 164 Å². The third kappa shape index (κ3) is 3.65. The second kappa shape index (κ2) is 9.69. The molecule has 10 aromatic rings. The highest BCUT2D eigenvalue weighted by atomic mass is 16.3. The number of furan rings is 1. The van der Waals surface area contributed by atoms with Crippen LogP contribution in [0.3, 0.4) is 0 Å². The first kappa shape index (κ1) is 25.2. The van der Waals surface area contributed by atoms with Crippen molar-refractivity contribution in [2.75, 3.05) is 0 Å². The molecule has 214 valence electrons. The maximum absolute atomic E-state index is 6.42. The van der Waals surface area contributed by atoms with Gasteiger partial charge in [-0.3, -0.25) is 0 Å². The Kier molecular flexibility index (Phi) is 5.31. The van der Waals surface area contributed by atoms with Gasteiger partial charge in [0.25, 0.3) is 0 Å². The molecule has 10 rings (SSSR count). The minimum absolute atomic E-state index is 0.918. The lowest BCUT2D eigenvalue weighted by Crippen LogP contribution is -1.94. The van der Waals surface area contributed by atoms with Gasteiger partial charge in [-0.05, 0) is 80.7 Å². The lowest BCUT2D eigenvalue weighted by atomic mass is 9.93. The van der Waals surface area contributed by atoms with Crippen molar-refractivity contribution in [2.24, 2.45) is 0 Å². The number of rotatable bonds is 3. The van der Waals surface area contributed by atoms with Crippen LogP contribution in [0.25, 0.3) is 93.2 Å². The summed E-state index contributed by atoms with van der Waals surface area (Å²) in [5.41, 5.74) is 10.1. The molecule has 0 aliphatic heterocycles. The van der Waals surface area contributed by atoms with Crippen LogP contribution >= 0.6 is 0 Å². The van der Waals surface area contributed by atoms with Crippen molar-refractivity contribution in [2.45, 2.75) is 0 Å². The van der Waals surface area contributed by atoms with Gasteiger partial charge in [-0.25, -0.2) is 0 Å². The van der Waals surface area contributed by atoms with Gasteiger partial charge < -0.3 is 8.98 Å². The van der Waals surface area contributed by atoms with E-state index in [0.717, 1.165) is 38.8 Å². The van der Waals surface area contributed by atoms with E-state index in [1.807, 2.05) is 12.1 Å². The minimum atomic E-state index is 0.918. The molecule has 0 atom stereocenters. The van der Waals surface area contributed by atoms with Crippen LogP contribution in [0.4, 0.5) is 0 Å². The zero-order valence-electron chi connectivity index (χ0n) is 24.9. The van der Waals surface area contributed by atoms with Crippen LogP contribution in [0, 0.1) is 0 Å². The van der Waals surface area contributed by atoms with E-state index in [1.165, 1.54) is 54.5 Å². The van der Waals surface area contributed by atoms with E-state index in [-0.39, 0.29) is 0 Å². The maximum atomic E-state index is 6.42. The third-order valence-electron chi connectivity index (χ3n) is 9.57. The average molecular weight is 586 g/mol. The van der Waals surface area contributed by atoms with Gasteiger partial charge in [-0.15, -0.1) is 0 Å². The predicted molar refractivity (Wildman–Crippen MR) is 194 cm³/mol. The molecule has 8 aromatic carbocycles. The number of fused-ring (bicyclic) bond motifs is 9. The monoisotopic (exact) mass is 585 g/mol. The molecular formula is C44H27NO. The Balaban J connectivity index is 1.18. The number of hydrogen-bond donors (Lipinski definition) is 0. The van der Waals surface area contributed by atoms with Crippen LogP contribution in [0.15, 0.2) is 168 Å². The number of nitrogens with zero attached hydrogens (tertiary/aromatic N) is 1. The maximum Gasteiger partial charge on any atom is 0.143 e. The SMILES string of the molecule is c1cc(-c2cc3ccccc3c3ccccc23)cc(-n2c3ccccc3c3cc(-c4cccc5c4oc4ccccc45)ccc32)c1. The standard InChI is InChI=1S/C44H27NO/c1-2-14-32-29(11-1)26-39(35-16-4-3-15-34(32)35)28-12-9-13-31(25-28)45-41-21-7-5-17-36(41)40-27-30(23-24-42(40)45)33-19-10-20-38-37-18-6-8-22-43(37)46-44(33)38/h1-27H. The Morgan fingerprint density at radius 2 is 1.04 bits per heavy atom. The first-order valence-corrected chi connectivity index (χ1v) is 15.8. The van der Waals surface area contributed by atoms with E-state index in [0.29, 0.717) is 0 Å². The summed E-state index contributed by atoms with van der Waals surface area (Å²) in [6, 6.07) is 59.1. The summed E-state index contributed by atoms with van der Waals surface area (Å²) in [6.45, 7) is 0. The molecule has 0 radical (unpaired) electrons.